The fourth-order valence-corrected chi connectivity index (χ4v) is 4.34. The van der Waals surface area contributed by atoms with Gasteiger partial charge in [-0.1, -0.05) is 30.0 Å². The van der Waals surface area contributed by atoms with Gasteiger partial charge in [0.25, 0.3) is 5.91 Å². The number of carbonyl (C=O) groups is 2. The topological polar surface area (TPSA) is 58.6 Å². The van der Waals surface area contributed by atoms with Crippen LogP contribution < -0.4 is 10.1 Å². The highest BCUT2D eigenvalue weighted by molar-refractivity contribution is 8.26. The van der Waals surface area contributed by atoms with E-state index in [2.05, 4.69) is 5.32 Å². The van der Waals surface area contributed by atoms with Gasteiger partial charge in [0.05, 0.1) is 12.0 Å². The Morgan fingerprint density at radius 1 is 1.31 bits per heavy atom. The molecule has 2 heterocycles. The molecule has 0 saturated carbocycles. The molecule has 1 aliphatic rings. The second-order valence-electron chi connectivity index (χ2n) is 5.38. The number of benzene rings is 1. The van der Waals surface area contributed by atoms with E-state index in [4.69, 9.17) is 17.0 Å². The maximum atomic E-state index is 12.5. The molecule has 0 radical (unpaired) electrons. The van der Waals surface area contributed by atoms with Gasteiger partial charge in [-0.25, -0.2) is 0 Å². The van der Waals surface area contributed by atoms with Gasteiger partial charge < -0.3 is 10.1 Å². The van der Waals surface area contributed by atoms with Gasteiger partial charge in [-0.15, -0.1) is 11.3 Å². The van der Waals surface area contributed by atoms with Gasteiger partial charge in [0.15, 0.2) is 0 Å². The van der Waals surface area contributed by atoms with Crippen LogP contribution in [0, 0.1) is 0 Å². The number of hydrogen-bond donors (Lipinski definition) is 1. The number of anilines is 1. The molecule has 0 bridgehead atoms. The van der Waals surface area contributed by atoms with E-state index >= 15 is 0 Å². The zero-order valence-corrected chi connectivity index (χ0v) is 16.4. The molecule has 26 heavy (non-hydrogen) atoms. The summed E-state index contributed by atoms with van der Waals surface area (Å²) in [5, 5.41) is 4.75. The minimum atomic E-state index is -0.175. The van der Waals surface area contributed by atoms with Crippen LogP contribution in [0.15, 0.2) is 46.7 Å². The summed E-state index contributed by atoms with van der Waals surface area (Å²) in [4.78, 5) is 27.7. The molecule has 1 aliphatic heterocycles. The zero-order chi connectivity index (χ0) is 18.5. The van der Waals surface area contributed by atoms with Gasteiger partial charge in [-0.2, -0.15) is 0 Å². The molecule has 2 amide bonds. The van der Waals surface area contributed by atoms with E-state index in [9.17, 15) is 9.59 Å². The van der Waals surface area contributed by atoms with E-state index in [0.29, 0.717) is 14.9 Å². The monoisotopic (exact) mass is 404 g/mol. The standard InChI is InChI=1S/C18H16N2O3S3/c1-23-13-6-4-12(5-7-13)19-16(21)8-9-20-17(22)15(26-18(20)24)11-14-3-2-10-25-14/h2-7,10-11H,8-9H2,1H3,(H,19,21)/b15-11+. The lowest BCUT2D eigenvalue weighted by Crippen LogP contribution is -2.31. The van der Waals surface area contributed by atoms with Crippen molar-refractivity contribution in [1.29, 1.82) is 0 Å². The Morgan fingerprint density at radius 2 is 2.08 bits per heavy atom. The summed E-state index contributed by atoms with van der Waals surface area (Å²) in [6, 6.07) is 10.9. The number of rotatable bonds is 6. The quantitative estimate of drug-likeness (QED) is 0.583. The number of carbonyl (C=O) groups excluding carboxylic acids is 2. The van der Waals surface area contributed by atoms with Crippen LogP contribution in [0.25, 0.3) is 6.08 Å². The average molecular weight is 405 g/mol. The number of nitrogens with zero attached hydrogens (tertiary/aromatic N) is 1. The number of thiophene rings is 1. The lowest BCUT2D eigenvalue weighted by Gasteiger charge is -2.14. The Labute approximate surface area is 165 Å². The Balaban J connectivity index is 1.56. The number of amides is 2. The van der Waals surface area contributed by atoms with Crippen LogP contribution >= 0.6 is 35.3 Å². The molecule has 2 aromatic rings. The predicted octanol–water partition coefficient (Wildman–Crippen LogP) is 3.99. The molecular formula is C18H16N2O3S3. The molecule has 134 valence electrons. The normalized spacial score (nSPS) is 15.6. The summed E-state index contributed by atoms with van der Waals surface area (Å²) < 4.78 is 5.56. The second kappa shape index (κ2) is 8.48. The summed E-state index contributed by atoms with van der Waals surface area (Å²) in [5.74, 6) is 0.398. The van der Waals surface area contributed by atoms with Crippen molar-refractivity contribution in [2.24, 2.45) is 0 Å². The van der Waals surface area contributed by atoms with Crippen molar-refractivity contribution in [2.45, 2.75) is 6.42 Å². The first-order valence-electron chi connectivity index (χ1n) is 7.79. The maximum Gasteiger partial charge on any atom is 0.266 e. The van der Waals surface area contributed by atoms with Gasteiger partial charge in [0, 0.05) is 23.5 Å². The minimum absolute atomic E-state index is 0.148. The third kappa shape index (κ3) is 4.51. The van der Waals surface area contributed by atoms with Gasteiger partial charge in [-0.05, 0) is 41.8 Å². The molecule has 1 fully saturated rings. The van der Waals surface area contributed by atoms with Crippen LogP contribution in [0.1, 0.15) is 11.3 Å². The van der Waals surface area contributed by atoms with Gasteiger partial charge in [0.2, 0.25) is 5.91 Å². The molecule has 1 N–H and O–H groups in total. The van der Waals surface area contributed by atoms with E-state index in [-0.39, 0.29) is 24.8 Å². The predicted molar refractivity (Wildman–Crippen MR) is 110 cm³/mol. The molecule has 0 aliphatic carbocycles. The van der Waals surface area contributed by atoms with Crippen LogP contribution in [-0.4, -0.2) is 34.7 Å². The summed E-state index contributed by atoms with van der Waals surface area (Å²) in [5.41, 5.74) is 0.679. The van der Waals surface area contributed by atoms with Crippen LogP contribution in [0.5, 0.6) is 5.75 Å². The number of thiocarbonyl (C=S) groups is 1. The van der Waals surface area contributed by atoms with Crippen LogP contribution in [0.4, 0.5) is 5.69 Å². The Hall–Kier alpha value is -2.16. The van der Waals surface area contributed by atoms with Crippen LogP contribution in [0.3, 0.4) is 0 Å². The molecule has 1 aromatic carbocycles. The Kier molecular flexibility index (Phi) is 6.08. The van der Waals surface area contributed by atoms with E-state index in [1.165, 1.54) is 16.7 Å². The van der Waals surface area contributed by atoms with E-state index in [1.807, 2.05) is 23.6 Å². The molecule has 5 nitrogen and oxygen atoms in total. The van der Waals surface area contributed by atoms with Crippen molar-refractivity contribution in [2.75, 3.05) is 19.0 Å². The van der Waals surface area contributed by atoms with E-state index in [0.717, 1.165) is 10.6 Å². The number of thioether (sulfide) groups is 1. The molecule has 3 rings (SSSR count). The lowest BCUT2D eigenvalue weighted by molar-refractivity contribution is -0.122. The molecule has 0 atom stereocenters. The zero-order valence-electron chi connectivity index (χ0n) is 13.9. The molecule has 1 aromatic heterocycles. The highest BCUT2D eigenvalue weighted by atomic mass is 32.2. The number of hydrogen-bond acceptors (Lipinski definition) is 6. The molecule has 1 saturated heterocycles. The van der Waals surface area contributed by atoms with Crippen molar-refractivity contribution in [3.63, 3.8) is 0 Å². The Morgan fingerprint density at radius 3 is 2.73 bits per heavy atom. The van der Waals surface area contributed by atoms with Crippen molar-refractivity contribution < 1.29 is 14.3 Å². The van der Waals surface area contributed by atoms with Crippen LogP contribution in [-0.2, 0) is 9.59 Å². The van der Waals surface area contributed by atoms with E-state index in [1.54, 1.807) is 42.7 Å². The van der Waals surface area contributed by atoms with Crippen molar-refractivity contribution in [3.8, 4) is 5.75 Å². The highest BCUT2D eigenvalue weighted by Gasteiger charge is 2.32. The molecule has 0 unspecified atom stereocenters. The minimum Gasteiger partial charge on any atom is -0.497 e. The molecule has 0 spiro atoms. The fourth-order valence-electron chi connectivity index (χ4n) is 2.31. The summed E-state index contributed by atoms with van der Waals surface area (Å²) >= 11 is 8.11. The maximum absolute atomic E-state index is 12.5. The lowest BCUT2D eigenvalue weighted by atomic mass is 10.3. The third-order valence-corrected chi connectivity index (χ3v) is 5.82. The van der Waals surface area contributed by atoms with Gasteiger partial charge in [-0.3, -0.25) is 14.5 Å². The highest BCUT2D eigenvalue weighted by Crippen LogP contribution is 2.33. The molecule has 8 heteroatoms. The number of methoxy groups -OCH3 is 1. The SMILES string of the molecule is COc1ccc(NC(=O)CCN2C(=O)/C(=C\c3cccs3)SC2=S)cc1. The fraction of sp³-hybridized carbons (Fsp3) is 0.167. The smallest absolute Gasteiger partial charge is 0.266 e. The average Bonchev–Trinajstić information content (AvgIpc) is 3.23. The number of ether oxygens (including phenoxy) is 1. The van der Waals surface area contributed by atoms with Crippen molar-refractivity contribution in [3.05, 3.63) is 51.6 Å². The van der Waals surface area contributed by atoms with Crippen LogP contribution in [0.2, 0.25) is 0 Å². The van der Waals surface area contributed by atoms with E-state index < -0.39 is 0 Å². The number of nitrogens with one attached hydrogen (secondary N) is 1. The third-order valence-electron chi connectivity index (χ3n) is 3.63. The Bertz CT molecular complexity index is 845. The first-order valence-corrected chi connectivity index (χ1v) is 9.90. The summed E-state index contributed by atoms with van der Waals surface area (Å²) in [6.45, 7) is 0.258. The largest absolute Gasteiger partial charge is 0.497 e. The van der Waals surface area contributed by atoms with Crippen molar-refractivity contribution in [1.82, 2.24) is 4.90 Å². The first kappa shape index (κ1) is 18.6. The first-order chi connectivity index (χ1) is 12.6. The van der Waals surface area contributed by atoms with Gasteiger partial charge >= 0.3 is 0 Å². The van der Waals surface area contributed by atoms with Crippen molar-refractivity contribution >= 4 is 63.2 Å². The summed E-state index contributed by atoms with van der Waals surface area (Å²) in [7, 11) is 1.59. The van der Waals surface area contributed by atoms with Gasteiger partial charge in [0.1, 0.15) is 10.1 Å². The second-order valence-corrected chi connectivity index (χ2v) is 8.03. The molecular weight excluding hydrogens is 388 g/mol. The summed E-state index contributed by atoms with van der Waals surface area (Å²) in [6.07, 6.45) is 2.01.